The summed E-state index contributed by atoms with van der Waals surface area (Å²) in [6.07, 6.45) is 7.22. The molecule has 0 aromatic rings. The van der Waals surface area contributed by atoms with Gasteiger partial charge in [0.1, 0.15) is 0 Å². The molecule has 76 valence electrons. The molecule has 0 aromatic heterocycles. The van der Waals surface area contributed by atoms with Crippen LogP contribution in [0.5, 0.6) is 0 Å². The zero-order chi connectivity index (χ0) is 9.31. The van der Waals surface area contributed by atoms with Crippen molar-refractivity contribution in [2.75, 3.05) is 12.8 Å². The monoisotopic (exact) mass is 199 g/mol. The van der Waals surface area contributed by atoms with Crippen LogP contribution in [0.3, 0.4) is 0 Å². The van der Waals surface area contributed by atoms with Crippen molar-refractivity contribution in [3.8, 4) is 0 Å². The summed E-state index contributed by atoms with van der Waals surface area (Å²) in [5, 5.41) is 3.54. The first kappa shape index (κ1) is 9.85. The lowest BCUT2D eigenvalue weighted by molar-refractivity contribution is 0.388. The van der Waals surface area contributed by atoms with Crippen LogP contribution >= 0.6 is 11.8 Å². The summed E-state index contributed by atoms with van der Waals surface area (Å²) in [5.41, 5.74) is 0. The Balaban J connectivity index is 1.92. The highest BCUT2D eigenvalue weighted by atomic mass is 32.2. The Morgan fingerprint density at radius 2 is 2.31 bits per heavy atom. The average Bonchev–Trinajstić information content (AvgIpc) is 2.84. The summed E-state index contributed by atoms with van der Waals surface area (Å²) in [6, 6.07) is 0.757. The van der Waals surface area contributed by atoms with Gasteiger partial charge in [0.15, 0.2) is 0 Å². The second-order valence-corrected chi connectivity index (χ2v) is 6.41. The van der Waals surface area contributed by atoms with Gasteiger partial charge in [-0.2, -0.15) is 11.8 Å². The Hall–Kier alpha value is 0.310. The van der Waals surface area contributed by atoms with E-state index in [9.17, 15) is 0 Å². The van der Waals surface area contributed by atoms with Gasteiger partial charge in [0.25, 0.3) is 0 Å². The third kappa shape index (κ3) is 2.21. The second-order valence-electron chi connectivity index (χ2n) is 4.79. The molecule has 1 nitrogen and oxygen atoms in total. The van der Waals surface area contributed by atoms with Gasteiger partial charge in [0, 0.05) is 10.8 Å². The van der Waals surface area contributed by atoms with E-state index in [2.05, 4.69) is 31.1 Å². The van der Waals surface area contributed by atoms with Gasteiger partial charge in [-0.3, -0.25) is 0 Å². The van der Waals surface area contributed by atoms with Crippen LogP contribution in [-0.4, -0.2) is 23.6 Å². The molecule has 1 aliphatic carbocycles. The fourth-order valence-electron chi connectivity index (χ4n) is 2.43. The SMILES string of the molecule is CNC(CC1CC1)C1(C)CCCS1. The number of rotatable bonds is 4. The van der Waals surface area contributed by atoms with Crippen molar-refractivity contribution in [3.05, 3.63) is 0 Å². The van der Waals surface area contributed by atoms with E-state index >= 15 is 0 Å². The summed E-state index contributed by atoms with van der Waals surface area (Å²) in [6.45, 7) is 2.45. The minimum Gasteiger partial charge on any atom is -0.316 e. The summed E-state index contributed by atoms with van der Waals surface area (Å²) >= 11 is 2.18. The molecule has 1 aliphatic heterocycles. The molecule has 0 aromatic carbocycles. The van der Waals surface area contributed by atoms with Crippen LogP contribution in [0.4, 0.5) is 0 Å². The Morgan fingerprint density at radius 1 is 1.54 bits per heavy atom. The number of hydrogen-bond donors (Lipinski definition) is 1. The van der Waals surface area contributed by atoms with E-state index in [1.807, 2.05) is 0 Å². The molecular weight excluding hydrogens is 178 g/mol. The van der Waals surface area contributed by atoms with E-state index in [1.54, 1.807) is 0 Å². The Labute approximate surface area is 86.0 Å². The molecular formula is C11H21NS. The highest BCUT2D eigenvalue weighted by molar-refractivity contribution is 8.00. The maximum absolute atomic E-state index is 3.54. The molecule has 0 spiro atoms. The number of thioether (sulfide) groups is 1. The average molecular weight is 199 g/mol. The molecule has 1 saturated carbocycles. The molecule has 1 N–H and O–H groups in total. The quantitative estimate of drug-likeness (QED) is 0.747. The maximum atomic E-state index is 3.54. The second kappa shape index (κ2) is 3.82. The van der Waals surface area contributed by atoms with Crippen molar-refractivity contribution in [1.29, 1.82) is 0 Å². The van der Waals surface area contributed by atoms with E-state index in [-0.39, 0.29) is 0 Å². The van der Waals surface area contributed by atoms with Crippen LogP contribution in [0.1, 0.15) is 39.0 Å². The third-order valence-electron chi connectivity index (χ3n) is 3.60. The Bertz CT molecular complexity index is 171. The fraction of sp³-hybridized carbons (Fsp3) is 1.00. The van der Waals surface area contributed by atoms with Crippen molar-refractivity contribution in [1.82, 2.24) is 5.32 Å². The molecule has 0 bridgehead atoms. The van der Waals surface area contributed by atoms with E-state index in [4.69, 9.17) is 0 Å². The molecule has 0 radical (unpaired) electrons. The molecule has 2 aliphatic rings. The molecule has 2 fully saturated rings. The minimum atomic E-state index is 0.539. The Kier molecular flexibility index (Phi) is 2.89. The van der Waals surface area contributed by atoms with Gasteiger partial charge >= 0.3 is 0 Å². The van der Waals surface area contributed by atoms with Gasteiger partial charge < -0.3 is 5.32 Å². The minimum absolute atomic E-state index is 0.539. The standard InChI is InChI=1S/C11H21NS/c1-11(6-3-7-13-11)10(12-2)8-9-4-5-9/h9-10,12H,3-8H2,1-2H3. The summed E-state index contributed by atoms with van der Waals surface area (Å²) in [4.78, 5) is 0. The zero-order valence-corrected chi connectivity index (χ0v) is 9.62. The smallest absolute Gasteiger partial charge is 0.0285 e. The van der Waals surface area contributed by atoms with Crippen LogP contribution in [-0.2, 0) is 0 Å². The summed E-state index contributed by atoms with van der Waals surface area (Å²) < 4.78 is 0.539. The van der Waals surface area contributed by atoms with Crippen LogP contribution in [0.25, 0.3) is 0 Å². The van der Waals surface area contributed by atoms with E-state index in [0.717, 1.165) is 12.0 Å². The predicted octanol–water partition coefficient (Wildman–Crippen LogP) is 2.66. The van der Waals surface area contributed by atoms with Gasteiger partial charge in [-0.25, -0.2) is 0 Å². The lowest BCUT2D eigenvalue weighted by Crippen LogP contribution is -2.43. The van der Waals surface area contributed by atoms with Crippen LogP contribution in [0, 0.1) is 5.92 Å². The Morgan fingerprint density at radius 3 is 2.77 bits per heavy atom. The maximum Gasteiger partial charge on any atom is 0.0285 e. The largest absolute Gasteiger partial charge is 0.316 e. The molecule has 1 saturated heterocycles. The highest BCUT2D eigenvalue weighted by Gasteiger charge is 2.39. The molecule has 2 unspecified atom stereocenters. The van der Waals surface area contributed by atoms with Gasteiger partial charge in [0.05, 0.1) is 0 Å². The number of hydrogen-bond acceptors (Lipinski definition) is 2. The topological polar surface area (TPSA) is 12.0 Å². The summed E-state index contributed by atoms with van der Waals surface area (Å²) in [5.74, 6) is 2.43. The van der Waals surface area contributed by atoms with Crippen molar-refractivity contribution < 1.29 is 0 Å². The van der Waals surface area contributed by atoms with Crippen LogP contribution < -0.4 is 5.32 Å². The lowest BCUT2D eigenvalue weighted by atomic mass is 9.92. The molecule has 2 heteroatoms. The van der Waals surface area contributed by atoms with Crippen molar-refractivity contribution in [3.63, 3.8) is 0 Å². The van der Waals surface area contributed by atoms with E-state index in [1.165, 1.54) is 37.9 Å². The van der Waals surface area contributed by atoms with Crippen LogP contribution in [0.2, 0.25) is 0 Å². The van der Waals surface area contributed by atoms with Crippen molar-refractivity contribution in [2.45, 2.75) is 49.8 Å². The molecule has 2 atom stereocenters. The van der Waals surface area contributed by atoms with Crippen molar-refractivity contribution >= 4 is 11.8 Å². The molecule has 1 heterocycles. The van der Waals surface area contributed by atoms with E-state index in [0.29, 0.717) is 4.75 Å². The van der Waals surface area contributed by atoms with Gasteiger partial charge in [-0.05, 0) is 44.9 Å². The van der Waals surface area contributed by atoms with Gasteiger partial charge in [-0.1, -0.05) is 12.8 Å². The van der Waals surface area contributed by atoms with Gasteiger partial charge in [-0.15, -0.1) is 0 Å². The van der Waals surface area contributed by atoms with E-state index < -0.39 is 0 Å². The fourth-order valence-corrected chi connectivity index (χ4v) is 3.89. The van der Waals surface area contributed by atoms with Crippen molar-refractivity contribution in [2.24, 2.45) is 5.92 Å². The first-order chi connectivity index (χ1) is 6.24. The highest BCUT2D eigenvalue weighted by Crippen LogP contribution is 2.45. The van der Waals surface area contributed by atoms with Gasteiger partial charge in [0.2, 0.25) is 0 Å². The first-order valence-electron chi connectivity index (χ1n) is 5.56. The molecule has 2 rings (SSSR count). The zero-order valence-electron chi connectivity index (χ0n) is 8.81. The first-order valence-corrected chi connectivity index (χ1v) is 6.54. The molecule has 13 heavy (non-hydrogen) atoms. The third-order valence-corrected chi connectivity index (χ3v) is 5.24. The van der Waals surface area contributed by atoms with Crippen LogP contribution in [0.15, 0.2) is 0 Å². The lowest BCUT2D eigenvalue weighted by Gasteiger charge is -2.33. The number of nitrogens with one attached hydrogen (secondary N) is 1. The predicted molar refractivity (Wildman–Crippen MR) is 60.3 cm³/mol. The normalized spacial score (nSPS) is 36.5. The summed E-state index contributed by atoms with van der Waals surface area (Å²) in [7, 11) is 2.14. The molecule has 0 amide bonds.